The molecule has 10 heteroatoms. The quantitative estimate of drug-likeness (QED) is 0.668. The fraction of sp³-hybridized carbons (Fsp3) is 0.211. The second-order valence-electron chi connectivity index (χ2n) is 6.25. The Morgan fingerprint density at radius 3 is 2.59 bits per heavy atom. The highest BCUT2D eigenvalue weighted by atomic mass is 35.5. The van der Waals surface area contributed by atoms with Crippen LogP contribution in [0, 0.1) is 11.3 Å². The minimum Gasteiger partial charge on any atom is -0.392 e. The van der Waals surface area contributed by atoms with E-state index in [9.17, 15) is 28.3 Å². The molecule has 6 nitrogen and oxygen atoms in total. The summed E-state index contributed by atoms with van der Waals surface area (Å²) >= 11 is 6.16. The van der Waals surface area contributed by atoms with Crippen molar-refractivity contribution < 1.29 is 18.3 Å². The Hall–Kier alpha value is -3.09. The SMILES string of the molecule is C[C@@H](O)CNc1c(C#N)c(=O)n(-c2ccccc2Cl)c2nc(C(F)(F)F)ccc12. The first-order valence-electron chi connectivity index (χ1n) is 8.39. The van der Waals surface area contributed by atoms with Crippen LogP contribution in [0.5, 0.6) is 0 Å². The molecule has 0 amide bonds. The zero-order valence-corrected chi connectivity index (χ0v) is 15.7. The molecule has 0 fully saturated rings. The summed E-state index contributed by atoms with van der Waals surface area (Å²) in [5.41, 5.74) is -2.64. The lowest BCUT2D eigenvalue weighted by molar-refractivity contribution is -0.141. The zero-order chi connectivity index (χ0) is 21.3. The number of rotatable bonds is 4. The van der Waals surface area contributed by atoms with E-state index in [2.05, 4.69) is 10.3 Å². The number of para-hydroxylation sites is 1. The Bertz CT molecular complexity index is 1180. The highest BCUT2D eigenvalue weighted by Crippen LogP contribution is 2.33. The number of alkyl halides is 3. The van der Waals surface area contributed by atoms with E-state index in [0.29, 0.717) is 0 Å². The average Bonchev–Trinajstić information content (AvgIpc) is 2.65. The van der Waals surface area contributed by atoms with Crippen LogP contribution in [0.25, 0.3) is 16.7 Å². The van der Waals surface area contributed by atoms with Crippen molar-refractivity contribution in [1.29, 1.82) is 5.26 Å². The van der Waals surface area contributed by atoms with E-state index in [1.807, 2.05) is 0 Å². The van der Waals surface area contributed by atoms with Gasteiger partial charge in [-0.3, -0.25) is 9.36 Å². The first kappa shape index (κ1) is 20.6. The Morgan fingerprint density at radius 1 is 1.31 bits per heavy atom. The van der Waals surface area contributed by atoms with Crippen molar-refractivity contribution in [3.63, 3.8) is 0 Å². The molecule has 0 spiro atoms. The molecule has 0 radical (unpaired) electrons. The monoisotopic (exact) mass is 422 g/mol. The van der Waals surface area contributed by atoms with E-state index in [-0.39, 0.29) is 39.5 Å². The number of nitriles is 1. The number of pyridine rings is 2. The molecule has 1 aromatic carbocycles. The lowest BCUT2D eigenvalue weighted by Gasteiger charge is -2.18. The van der Waals surface area contributed by atoms with Crippen molar-refractivity contribution in [3.05, 3.63) is 63.0 Å². The molecule has 2 aromatic heterocycles. The summed E-state index contributed by atoms with van der Waals surface area (Å²) in [6.07, 6.45) is -5.57. The summed E-state index contributed by atoms with van der Waals surface area (Å²) in [5.74, 6) is 0. The fourth-order valence-corrected chi connectivity index (χ4v) is 3.04. The van der Waals surface area contributed by atoms with Gasteiger partial charge in [0.25, 0.3) is 5.56 Å². The molecule has 3 aromatic rings. The second-order valence-corrected chi connectivity index (χ2v) is 6.66. The molecule has 0 saturated carbocycles. The molecule has 2 heterocycles. The number of fused-ring (bicyclic) bond motifs is 1. The van der Waals surface area contributed by atoms with E-state index >= 15 is 0 Å². The molecule has 0 aliphatic heterocycles. The van der Waals surface area contributed by atoms with Crippen LogP contribution >= 0.6 is 11.6 Å². The Kier molecular flexibility index (Phi) is 5.50. The number of aromatic nitrogens is 2. The van der Waals surface area contributed by atoms with Crippen LogP contribution in [0.1, 0.15) is 18.2 Å². The molecule has 29 heavy (non-hydrogen) atoms. The number of anilines is 1. The summed E-state index contributed by atoms with van der Waals surface area (Å²) in [5, 5.41) is 22.0. The zero-order valence-electron chi connectivity index (χ0n) is 15.0. The van der Waals surface area contributed by atoms with Gasteiger partial charge < -0.3 is 10.4 Å². The standard InChI is InChI=1S/C19H14ClF3N4O2/c1-10(28)9-25-16-11-6-7-15(19(21,22)23)26-17(11)27(18(29)12(16)8-24)14-5-3-2-4-13(14)20/h2-7,10,25,28H,9H2,1H3/t10-/m1/s1. The highest BCUT2D eigenvalue weighted by Gasteiger charge is 2.33. The van der Waals surface area contributed by atoms with Crippen LogP contribution in [0.3, 0.4) is 0 Å². The van der Waals surface area contributed by atoms with E-state index in [1.54, 1.807) is 18.2 Å². The van der Waals surface area contributed by atoms with Crippen LogP contribution in [0.2, 0.25) is 5.02 Å². The van der Waals surface area contributed by atoms with Crippen molar-refractivity contribution >= 4 is 28.3 Å². The number of hydrogen-bond acceptors (Lipinski definition) is 5. The van der Waals surface area contributed by atoms with Gasteiger partial charge in [-0.05, 0) is 31.2 Å². The van der Waals surface area contributed by atoms with Gasteiger partial charge in [-0.2, -0.15) is 18.4 Å². The Labute approximate surface area is 167 Å². The maximum Gasteiger partial charge on any atom is 0.433 e. The first-order valence-corrected chi connectivity index (χ1v) is 8.77. The fourth-order valence-electron chi connectivity index (χ4n) is 2.82. The van der Waals surface area contributed by atoms with Crippen LogP contribution in [-0.4, -0.2) is 27.3 Å². The minimum atomic E-state index is -4.74. The number of aliphatic hydroxyl groups is 1. The Balaban J connectivity index is 2.47. The van der Waals surface area contributed by atoms with Crippen LogP contribution < -0.4 is 10.9 Å². The third kappa shape index (κ3) is 3.90. The van der Waals surface area contributed by atoms with Gasteiger partial charge in [0.15, 0.2) is 0 Å². The molecule has 0 bridgehead atoms. The summed E-state index contributed by atoms with van der Waals surface area (Å²) in [6.45, 7) is 1.45. The normalized spacial score (nSPS) is 12.6. The van der Waals surface area contributed by atoms with Gasteiger partial charge in [0, 0.05) is 11.9 Å². The van der Waals surface area contributed by atoms with Crippen LogP contribution in [0.15, 0.2) is 41.2 Å². The maximum absolute atomic E-state index is 13.3. The average molecular weight is 423 g/mol. The summed E-state index contributed by atoms with van der Waals surface area (Å²) in [4.78, 5) is 16.7. The van der Waals surface area contributed by atoms with Crippen molar-refractivity contribution in [3.8, 4) is 11.8 Å². The molecule has 1 atom stereocenters. The van der Waals surface area contributed by atoms with Crippen molar-refractivity contribution in [1.82, 2.24) is 9.55 Å². The van der Waals surface area contributed by atoms with Crippen LogP contribution in [-0.2, 0) is 6.18 Å². The molecule has 0 saturated heterocycles. The largest absolute Gasteiger partial charge is 0.433 e. The molecule has 0 aliphatic carbocycles. The lowest BCUT2D eigenvalue weighted by atomic mass is 10.1. The molecule has 2 N–H and O–H groups in total. The second kappa shape index (κ2) is 7.73. The number of nitrogens with zero attached hydrogens (tertiary/aromatic N) is 3. The molecule has 3 rings (SSSR count). The number of aliphatic hydroxyl groups excluding tert-OH is 1. The first-order chi connectivity index (χ1) is 13.6. The third-order valence-corrected chi connectivity index (χ3v) is 4.41. The smallest absolute Gasteiger partial charge is 0.392 e. The topological polar surface area (TPSA) is 90.9 Å². The van der Waals surface area contributed by atoms with Gasteiger partial charge in [0.05, 0.1) is 22.5 Å². The minimum absolute atomic E-state index is 0.00192. The molecule has 0 unspecified atom stereocenters. The highest BCUT2D eigenvalue weighted by molar-refractivity contribution is 6.32. The molecule has 150 valence electrons. The number of halogens is 4. The van der Waals surface area contributed by atoms with Gasteiger partial charge >= 0.3 is 6.18 Å². The van der Waals surface area contributed by atoms with E-state index < -0.39 is 23.5 Å². The van der Waals surface area contributed by atoms with Gasteiger partial charge in [-0.25, -0.2) is 4.98 Å². The predicted molar refractivity (Wildman–Crippen MR) is 102 cm³/mol. The van der Waals surface area contributed by atoms with E-state index in [1.165, 1.54) is 19.1 Å². The summed E-state index contributed by atoms with van der Waals surface area (Å²) in [7, 11) is 0. The summed E-state index contributed by atoms with van der Waals surface area (Å²) < 4.78 is 40.6. The van der Waals surface area contributed by atoms with Crippen molar-refractivity contribution in [2.24, 2.45) is 0 Å². The predicted octanol–water partition coefficient (Wildman–Crippen LogP) is 3.72. The van der Waals surface area contributed by atoms with Gasteiger partial charge in [-0.1, -0.05) is 23.7 Å². The van der Waals surface area contributed by atoms with E-state index in [0.717, 1.165) is 16.7 Å². The molecular weight excluding hydrogens is 409 g/mol. The Morgan fingerprint density at radius 2 is 2.00 bits per heavy atom. The van der Waals surface area contributed by atoms with E-state index in [4.69, 9.17) is 11.6 Å². The lowest BCUT2D eigenvalue weighted by Crippen LogP contribution is -2.26. The number of benzene rings is 1. The number of hydrogen-bond donors (Lipinski definition) is 2. The molecule has 0 aliphatic rings. The third-order valence-electron chi connectivity index (χ3n) is 4.09. The van der Waals surface area contributed by atoms with Crippen LogP contribution in [0.4, 0.5) is 18.9 Å². The van der Waals surface area contributed by atoms with Gasteiger partial charge in [-0.15, -0.1) is 0 Å². The van der Waals surface area contributed by atoms with Crippen molar-refractivity contribution in [2.75, 3.05) is 11.9 Å². The number of nitrogens with one attached hydrogen (secondary N) is 1. The maximum atomic E-state index is 13.3. The van der Waals surface area contributed by atoms with Gasteiger partial charge in [0.2, 0.25) is 0 Å². The summed E-state index contributed by atoms with van der Waals surface area (Å²) in [6, 6.07) is 9.73. The van der Waals surface area contributed by atoms with Crippen molar-refractivity contribution in [2.45, 2.75) is 19.2 Å². The molecular formula is C19H14ClF3N4O2. The van der Waals surface area contributed by atoms with Gasteiger partial charge in [0.1, 0.15) is 23.0 Å².